The van der Waals surface area contributed by atoms with Crippen LogP contribution in [0.3, 0.4) is 0 Å². The maximum atomic E-state index is 6.38. The average molecular weight is 273 g/mol. The van der Waals surface area contributed by atoms with Crippen LogP contribution >= 0.6 is 0 Å². The summed E-state index contributed by atoms with van der Waals surface area (Å²) >= 11 is 0. The van der Waals surface area contributed by atoms with Crippen LogP contribution in [-0.2, 0) is 6.54 Å². The van der Waals surface area contributed by atoms with Crippen LogP contribution in [-0.4, -0.2) is 23.0 Å². The summed E-state index contributed by atoms with van der Waals surface area (Å²) in [5, 5.41) is 4.44. The van der Waals surface area contributed by atoms with Gasteiger partial charge < -0.3 is 15.2 Å². The maximum Gasteiger partial charge on any atom is 0.161 e. The van der Waals surface area contributed by atoms with Gasteiger partial charge in [0.2, 0.25) is 0 Å². The lowest BCUT2D eigenvalue weighted by Gasteiger charge is -2.20. The highest BCUT2D eigenvalue weighted by Gasteiger charge is 2.18. The molecule has 2 N–H and O–H groups in total. The van der Waals surface area contributed by atoms with Gasteiger partial charge in [0.1, 0.15) is 13.2 Å². The zero-order valence-corrected chi connectivity index (χ0v) is 11.8. The quantitative estimate of drug-likeness (QED) is 0.929. The number of fused-ring (bicyclic) bond motifs is 1. The van der Waals surface area contributed by atoms with Gasteiger partial charge in [-0.25, -0.2) is 0 Å². The molecule has 3 rings (SSSR count). The van der Waals surface area contributed by atoms with E-state index in [2.05, 4.69) is 12.0 Å². The lowest BCUT2D eigenvalue weighted by atomic mass is 10.0. The minimum Gasteiger partial charge on any atom is -0.486 e. The first kappa shape index (κ1) is 13.0. The highest BCUT2D eigenvalue weighted by Crippen LogP contribution is 2.33. The Labute approximate surface area is 118 Å². The first-order valence-electron chi connectivity index (χ1n) is 6.88. The molecule has 1 unspecified atom stereocenters. The van der Waals surface area contributed by atoms with Gasteiger partial charge in [0.05, 0.1) is 17.4 Å². The molecule has 0 amide bonds. The highest BCUT2D eigenvalue weighted by molar-refractivity contribution is 5.46. The van der Waals surface area contributed by atoms with Crippen molar-refractivity contribution in [1.82, 2.24) is 9.78 Å². The number of rotatable bonds is 3. The number of nitrogens with zero attached hydrogens (tertiary/aromatic N) is 2. The molecule has 2 heterocycles. The molecule has 0 bridgehead atoms. The molecular formula is C15H19N3O2. The second-order valence-corrected chi connectivity index (χ2v) is 4.91. The van der Waals surface area contributed by atoms with E-state index >= 15 is 0 Å². The summed E-state index contributed by atoms with van der Waals surface area (Å²) in [5.41, 5.74) is 9.38. The molecule has 0 fully saturated rings. The molecule has 1 aliphatic rings. The van der Waals surface area contributed by atoms with Gasteiger partial charge in [0, 0.05) is 6.54 Å². The van der Waals surface area contributed by atoms with Crippen LogP contribution in [0.4, 0.5) is 0 Å². The summed E-state index contributed by atoms with van der Waals surface area (Å²) in [6, 6.07) is 7.68. The Morgan fingerprint density at radius 1 is 1.25 bits per heavy atom. The number of aromatic nitrogens is 2. The van der Waals surface area contributed by atoms with E-state index in [4.69, 9.17) is 15.2 Å². The van der Waals surface area contributed by atoms with E-state index in [0.29, 0.717) is 13.2 Å². The second-order valence-electron chi connectivity index (χ2n) is 4.91. The van der Waals surface area contributed by atoms with Crippen molar-refractivity contribution < 1.29 is 9.47 Å². The van der Waals surface area contributed by atoms with E-state index in [-0.39, 0.29) is 6.04 Å². The molecule has 2 aromatic rings. The Morgan fingerprint density at radius 3 is 2.75 bits per heavy atom. The van der Waals surface area contributed by atoms with Gasteiger partial charge in [-0.1, -0.05) is 6.07 Å². The topological polar surface area (TPSA) is 62.3 Å². The summed E-state index contributed by atoms with van der Waals surface area (Å²) in [4.78, 5) is 0. The number of aryl methyl sites for hydroxylation is 2. The predicted molar refractivity (Wildman–Crippen MR) is 76.1 cm³/mol. The molecule has 1 aromatic carbocycles. The molecule has 5 nitrogen and oxygen atoms in total. The van der Waals surface area contributed by atoms with E-state index in [1.807, 2.05) is 35.9 Å². The van der Waals surface area contributed by atoms with Crippen LogP contribution in [0, 0.1) is 6.92 Å². The Kier molecular flexibility index (Phi) is 3.36. The van der Waals surface area contributed by atoms with E-state index in [1.54, 1.807) is 0 Å². The van der Waals surface area contributed by atoms with Gasteiger partial charge in [-0.3, -0.25) is 4.68 Å². The number of nitrogens with two attached hydrogens (primary N) is 1. The number of hydrogen-bond donors (Lipinski definition) is 1. The first-order valence-corrected chi connectivity index (χ1v) is 6.88. The van der Waals surface area contributed by atoms with Crippen molar-refractivity contribution in [2.75, 3.05) is 13.2 Å². The molecule has 0 radical (unpaired) electrons. The van der Waals surface area contributed by atoms with Crippen molar-refractivity contribution in [3.05, 3.63) is 41.2 Å². The predicted octanol–water partition coefficient (Wildman–Crippen LogP) is 2.03. The van der Waals surface area contributed by atoms with Gasteiger partial charge in [0.15, 0.2) is 11.5 Å². The Bertz CT molecular complexity index is 622. The molecule has 1 aliphatic heterocycles. The minimum atomic E-state index is -0.216. The van der Waals surface area contributed by atoms with Gasteiger partial charge >= 0.3 is 0 Å². The number of benzene rings is 1. The van der Waals surface area contributed by atoms with Crippen molar-refractivity contribution in [3.8, 4) is 11.5 Å². The minimum absolute atomic E-state index is 0.216. The van der Waals surface area contributed by atoms with Crippen LogP contribution < -0.4 is 15.2 Å². The maximum absolute atomic E-state index is 6.38. The standard InChI is InChI=1S/C15H19N3O2/c1-3-18-12(8-10(2)17-18)15(16)11-4-5-13-14(9-11)20-7-6-19-13/h4-5,8-9,15H,3,6-7,16H2,1-2H3. The van der Waals surface area contributed by atoms with Crippen molar-refractivity contribution in [2.24, 2.45) is 5.73 Å². The normalized spacial score (nSPS) is 15.2. The van der Waals surface area contributed by atoms with Crippen LogP contribution in [0.5, 0.6) is 11.5 Å². The molecule has 1 atom stereocenters. The highest BCUT2D eigenvalue weighted by atomic mass is 16.6. The van der Waals surface area contributed by atoms with Crippen molar-refractivity contribution in [1.29, 1.82) is 0 Å². The molecule has 1 aromatic heterocycles. The summed E-state index contributed by atoms with van der Waals surface area (Å²) in [5.74, 6) is 1.55. The SMILES string of the molecule is CCn1nc(C)cc1C(N)c1ccc2c(c1)OCCO2. The molecule has 0 aliphatic carbocycles. The van der Waals surface area contributed by atoms with E-state index in [9.17, 15) is 0 Å². The van der Waals surface area contributed by atoms with Gasteiger partial charge in [-0.05, 0) is 37.6 Å². The zero-order chi connectivity index (χ0) is 14.1. The summed E-state index contributed by atoms with van der Waals surface area (Å²) in [6.07, 6.45) is 0. The summed E-state index contributed by atoms with van der Waals surface area (Å²) in [6.45, 7) is 6.03. The fourth-order valence-electron chi connectivity index (χ4n) is 2.49. The van der Waals surface area contributed by atoms with E-state index < -0.39 is 0 Å². The largest absolute Gasteiger partial charge is 0.486 e. The molecule has 20 heavy (non-hydrogen) atoms. The lowest BCUT2D eigenvalue weighted by molar-refractivity contribution is 0.171. The zero-order valence-electron chi connectivity index (χ0n) is 11.8. The van der Waals surface area contributed by atoms with E-state index in [1.165, 1.54) is 0 Å². The van der Waals surface area contributed by atoms with Crippen molar-refractivity contribution in [2.45, 2.75) is 26.4 Å². The smallest absolute Gasteiger partial charge is 0.161 e. The fourth-order valence-corrected chi connectivity index (χ4v) is 2.49. The number of ether oxygens (including phenoxy) is 2. The molecule has 0 spiro atoms. The van der Waals surface area contributed by atoms with Crippen molar-refractivity contribution >= 4 is 0 Å². The third-order valence-corrected chi connectivity index (χ3v) is 3.48. The molecule has 106 valence electrons. The van der Waals surface area contributed by atoms with E-state index in [0.717, 1.165) is 35.0 Å². The van der Waals surface area contributed by atoms with Crippen LogP contribution in [0.15, 0.2) is 24.3 Å². The fraction of sp³-hybridized carbons (Fsp3) is 0.400. The average Bonchev–Trinajstić information content (AvgIpc) is 2.87. The third-order valence-electron chi connectivity index (χ3n) is 3.48. The van der Waals surface area contributed by atoms with Crippen LogP contribution in [0.1, 0.15) is 29.9 Å². The third kappa shape index (κ3) is 2.25. The molecule has 0 saturated carbocycles. The second kappa shape index (κ2) is 5.17. The molecule has 0 saturated heterocycles. The molecule has 5 heteroatoms. The van der Waals surface area contributed by atoms with Crippen LogP contribution in [0.2, 0.25) is 0 Å². The summed E-state index contributed by atoms with van der Waals surface area (Å²) in [7, 11) is 0. The Morgan fingerprint density at radius 2 is 2.00 bits per heavy atom. The van der Waals surface area contributed by atoms with Crippen LogP contribution in [0.25, 0.3) is 0 Å². The Balaban J connectivity index is 1.95. The van der Waals surface area contributed by atoms with Gasteiger partial charge in [-0.15, -0.1) is 0 Å². The Hall–Kier alpha value is -2.01. The summed E-state index contributed by atoms with van der Waals surface area (Å²) < 4.78 is 13.1. The first-order chi connectivity index (χ1) is 9.69. The van der Waals surface area contributed by atoms with Gasteiger partial charge in [0.25, 0.3) is 0 Å². The number of hydrogen-bond acceptors (Lipinski definition) is 4. The lowest BCUT2D eigenvalue weighted by Crippen LogP contribution is -2.19. The molecular weight excluding hydrogens is 254 g/mol. The van der Waals surface area contributed by atoms with Gasteiger partial charge in [-0.2, -0.15) is 5.10 Å². The van der Waals surface area contributed by atoms with Crippen molar-refractivity contribution in [3.63, 3.8) is 0 Å². The monoisotopic (exact) mass is 273 g/mol.